The van der Waals surface area contributed by atoms with E-state index < -0.39 is 0 Å². The fraction of sp³-hybridized carbons (Fsp3) is 0.647. The quantitative estimate of drug-likeness (QED) is 0.663. The Hall–Kier alpha value is -1.06. The van der Waals surface area contributed by atoms with Crippen molar-refractivity contribution in [1.29, 1.82) is 0 Å². The SMILES string of the molecule is CCC(NCCCN(CC)CC)c1ccc(OC)cc1. The van der Waals surface area contributed by atoms with Crippen LogP contribution in [-0.4, -0.2) is 38.2 Å². The molecule has 0 aliphatic heterocycles. The molecule has 0 bridgehead atoms. The highest BCUT2D eigenvalue weighted by atomic mass is 16.5. The maximum Gasteiger partial charge on any atom is 0.118 e. The molecule has 0 saturated heterocycles. The van der Waals surface area contributed by atoms with Gasteiger partial charge in [-0.05, 0) is 56.7 Å². The third-order valence-electron chi connectivity index (χ3n) is 3.86. The van der Waals surface area contributed by atoms with Crippen molar-refractivity contribution in [2.45, 2.75) is 39.7 Å². The van der Waals surface area contributed by atoms with Gasteiger partial charge in [-0.25, -0.2) is 0 Å². The molecular weight excluding hydrogens is 248 g/mol. The first-order valence-electron chi connectivity index (χ1n) is 7.84. The number of nitrogens with one attached hydrogen (secondary N) is 1. The van der Waals surface area contributed by atoms with E-state index in [-0.39, 0.29) is 0 Å². The standard InChI is InChI=1S/C17H30N2O/c1-5-17(15-9-11-16(20-4)12-10-15)18-13-8-14-19(6-2)7-3/h9-12,17-18H,5-8,13-14H2,1-4H3. The van der Waals surface area contributed by atoms with Crippen LogP contribution in [0.15, 0.2) is 24.3 Å². The Labute approximate surface area is 124 Å². The van der Waals surface area contributed by atoms with Gasteiger partial charge < -0.3 is 15.0 Å². The zero-order chi connectivity index (χ0) is 14.8. The van der Waals surface area contributed by atoms with E-state index >= 15 is 0 Å². The molecule has 0 spiro atoms. The van der Waals surface area contributed by atoms with Gasteiger partial charge >= 0.3 is 0 Å². The van der Waals surface area contributed by atoms with Crippen molar-refractivity contribution >= 4 is 0 Å². The second-order valence-electron chi connectivity index (χ2n) is 5.07. The highest BCUT2D eigenvalue weighted by Gasteiger charge is 2.08. The average molecular weight is 278 g/mol. The van der Waals surface area contributed by atoms with E-state index in [1.165, 1.54) is 18.5 Å². The Morgan fingerprint density at radius 3 is 2.25 bits per heavy atom. The summed E-state index contributed by atoms with van der Waals surface area (Å²) in [5, 5.41) is 3.66. The Bertz CT molecular complexity index is 347. The van der Waals surface area contributed by atoms with E-state index in [2.05, 4.69) is 43.1 Å². The van der Waals surface area contributed by atoms with Crippen molar-refractivity contribution in [3.05, 3.63) is 29.8 Å². The largest absolute Gasteiger partial charge is 0.497 e. The minimum absolute atomic E-state index is 0.442. The van der Waals surface area contributed by atoms with Gasteiger partial charge in [0.05, 0.1) is 7.11 Å². The van der Waals surface area contributed by atoms with Crippen LogP contribution >= 0.6 is 0 Å². The minimum Gasteiger partial charge on any atom is -0.497 e. The highest BCUT2D eigenvalue weighted by Crippen LogP contribution is 2.19. The molecule has 1 aromatic carbocycles. The molecule has 0 radical (unpaired) electrons. The molecule has 0 heterocycles. The summed E-state index contributed by atoms with van der Waals surface area (Å²) < 4.78 is 5.21. The van der Waals surface area contributed by atoms with E-state index in [0.717, 1.165) is 31.8 Å². The fourth-order valence-corrected chi connectivity index (χ4v) is 2.45. The van der Waals surface area contributed by atoms with E-state index in [1.54, 1.807) is 7.11 Å². The highest BCUT2D eigenvalue weighted by molar-refractivity contribution is 5.29. The van der Waals surface area contributed by atoms with Gasteiger partial charge in [-0.3, -0.25) is 0 Å². The monoisotopic (exact) mass is 278 g/mol. The zero-order valence-corrected chi connectivity index (χ0v) is 13.5. The Morgan fingerprint density at radius 1 is 1.10 bits per heavy atom. The maximum atomic E-state index is 5.21. The van der Waals surface area contributed by atoms with Crippen LogP contribution < -0.4 is 10.1 Å². The van der Waals surface area contributed by atoms with Gasteiger partial charge in [0.25, 0.3) is 0 Å². The molecule has 0 saturated carbocycles. The first-order valence-corrected chi connectivity index (χ1v) is 7.84. The number of methoxy groups -OCH3 is 1. The van der Waals surface area contributed by atoms with Crippen molar-refractivity contribution in [3.63, 3.8) is 0 Å². The Morgan fingerprint density at radius 2 is 1.75 bits per heavy atom. The average Bonchev–Trinajstić information content (AvgIpc) is 2.51. The van der Waals surface area contributed by atoms with E-state index in [0.29, 0.717) is 6.04 Å². The molecule has 1 unspecified atom stereocenters. The van der Waals surface area contributed by atoms with Gasteiger partial charge in [0.2, 0.25) is 0 Å². The Kier molecular flexibility index (Phi) is 8.31. The van der Waals surface area contributed by atoms with E-state index in [9.17, 15) is 0 Å². The summed E-state index contributed by atoms with van der Waals surface area (Å²) in [7, 11) is 1.71. The summed E-state index contributed by atoms with van der Waals surface area (Å²) in [5.41, 5.74) is 1.34. The van der Waals surface area contributed by atoms with Crippen LogP contribution in [0.2, 0.25) is 0 Å². The number of hydrogen-bond acceptors (Lipinski definition) is 3. The molecule has 20 heavy (non-hydrogen) atoms. The summed E-state index contributed by atoms with van der Waals surface area (Å²) in [6.45, 7) is 11.2. The lowest BCUT2D eigenvalue weighted by Gasteiger charge is -2.21. The van der Waals surface area contributed by atoms with Crippen LogP contribution in [0.25, 0.3) is 0 Å². The second kappa shape index (κ2) is 9.78. The fourth-order valence-electron chi connectivity index (χ4n) is 2.45. The number of rotatable bonds is 10. The van der Waals surface area contributed by atoms with E-state index in [4.69, 9.17) is 4.74 Å². The summed E-state index contributed by atoms with van der Waals surface area (Å²) in [4.78, 5) is 2.47. The summed E-state index contributed by atoms with van der Waals surface area (Å²) in [6.07, 6.45) is 2.31. The van der Waals surface area contributed by atoms with Gasteiger partial charge in [-0.15, -0.1) is 0 Å². The maximum absolute atomic E-state index is 5.21. The molecule has 1 N–H and O–H groups in total. The third-order valence-corrected chi connectivity index (χ3v) is 3.86. The molecule has 3 heteroatoms. The van der Waals surface area contributed by atoms with Crippen LogP contribution in [-0.2, 0) is 0 Å². The summed E-state index contributed by atoms with van der Waals surface area (Å²) in [6, 6.07) is 8.83. The van der Waals surface area contributed by atoms with Crippen molar-refractivity contribution in [2.75, 3.05) is 33.3 Å². The molecule has 1 aromatic rings. The predicted octanol–water partition coefficient (Wildman–Crippen LogP) is 3.47. The lowest BCUT2D eigenvalue weighted by atomic mass is 10.0. The lowest BCUT2D eigenvalue weighted by molar-refractivity contribution is 0.295. The van der Waals surface area contributed by atoms with Crippen LogP contribution in [0.4, 0.5) is 0 Å². The van der Waals surface area contributed by atoms with E-state index in [1.807, 2.05) is 12.1 Å². The molecule has 3 nitrogen and oxygen atoms in total. The first-order chi connectivity index (χ1) is 9.74. The zero-order valence-electron chi connectivity index (χ0n) is 13.5. The van der Waals surface area contributed by atoms with Crippen molar-refractivity contribution < 1.29 is 4.74 Å². The second-order valence-corrected chi connectivity index (χ2v) is 5.07. The molecule has 0 aliphatic carbocycles. The van der Waals surface area contributed by atoms with Crippen LogP contribution in [0.3, 0.4) is 0 Å². The number of nitrogens with zero attached hydrogens (tertiary/aromatic N) is 1. The first kappa shape index (κ1) is 17.0. The van der Waals surface area contributed by atoms with Gasteiger partial charge in [-0.1, -0.05) is 32.9 Å². The molecule has 1 rings (SSSR count). The van der Waals surface area contributed by atoms with Crippen molar-refractivity contribution in [2.24, 2.45) is 0 Å². The van der Waals surface area contributed by atoms with Gasteiger partial charge in [-0.2, -0.15) is 0 Å². The number of hydrogen-bond donors (Lipinski definition) is 1. The third kappa shape index (κ3) is 5.51. The molecular formula is C17H30N2O. The Balaban J connectivity index is 2.38. The van der Waals surface area contributed by atoms with Gasteiger partial charge in [0.15, 0.2) is 0 Å². The molecule has 0 fully saturated rings. The normalized spacial score (nSPS) is 12.7. The lowest BCUT2D eigenvalue weighted by Crippen LogP contribution is -2.28. The predicted molar refractivity (Wildman–Crippen MR) is 86.4 cm³/mol. The molecule has 0 aromatic heterocycles. The van der Waals surface area contributed by atoms with Crippen molar-refractivity contribution in [3.8, 4) is 5.75 Å². The summed E-state index contributed by atoms with van der Waals surface area (Å²) >= 11 is 0. The molecule has 1 atom stereocenters. The van der Waals surface area contributed by atoms with Gasteiger partial charge in [0.1, 0.15) is 5.75 Å². The molecule has 0 aliphatic rings. The smallest absolute Gasteiger partial charge is 0.118 e. The van der Waals surface area contributed by atoms with Crippen LogP contribution in [0.1, 0.15) is 45.2 Å². The van der Waals surface area contributed by atoms with Gasteiger partial charge in [0, 0.05) is 6.04 Å². The minimum atomic E-state index is 0.442. The topological polar surface area (TPSA) is 24.5 Å². The van der Waals surface area contributed by atoms with Crippen molar-refractivity contribution in [1.82, 2.24) is 10.2 Å². The number of ether oxygens (including phenoxy) is 1. The molecule has 0 amide bonds. The molecule has 114 valence electrons. The van der Waals surface area contributed by atoms with Crippen LogP contribution in [0, 0.1) is 0 Å². The summed E-state index contributed by atoms with van der Waals surface area (Å²) in [5.74, 6) is 0.921. The van der Waals surface area contributed by atoms with Crippen LogP contribution in [0.5, 0.6) is 5.75 Å². The number of benzene rings is 1.